The summed E-state index contributed by atoms with van der Waals surface area (Å²) in [4.78, 5) is 37.4. The lowest BCUT2D eigenvalue weighted by Crippen LogP contribution is -2.35. The maximum atomic E-state index is 12.6. The molecule has 0 spiro atoms. The molecule has 12 aromatic carbocycles. The number of methoxy groups -OCH3 is 22. The predicted molar refractivity (Wildman–Crippen MR) is 509 cm³/mol. The molecule has 2 N–H and O–H groups in total. The molecule has 13 aromatic rings. The highest BCUT2D eigenvalue weighted by Gasteiger charge is 2.45. The topological polar surface area (TPSA) is 336 Å². The lowest BCUT2D eigenvalue weighted by molar-refractivity contribution is -0.187. The number of hydrogen-bond acceptors (Lipinski definition) is 31. The minimum atomic E-state index is -1.14. The van der Waals surface area contributed by atoms with E-state index in [0.29, 0.717) is 161 Å². The Kier molecular flexibility index (Phi) is 38.7. The summed E-state index contributed by atoms with van der Waals surface area (Å²) in [6, 6.07) is 68.1. The molecule has 3 heterocycles. The summed E-state index contributed by atoms with van der Waals surface area (Å²) >= 11 is 0. The Hall–Kier alpha value is -14.7. The second kappa shape index (κ2) is 50.3. The van der Waals surface area contributed by atoms with Crippen molar-refractivity contribution in [2.24, 2.45) is 0 Å². The zero-order valence-electron chi connectivity index (χ0n) is 82.5. The number of fused-ring (bicyclic) bond motifs is 4. The van der Waals surface area contributed by atoms with Crippen LogP contribution in [0.15, 0.2) is 240 Å². The van der Waals surface area contributed by atoms with Gasteiger partial charge in [-0.05, 0) is 206 Å². The number of hydrogen-bond donors (Lipinski definition) is 2. The molecule has 2 aliphatic rings. The molecule has 31 nitrogen and oxygen atoms in total. The molecular formula is C104H117O31+3. The van der Waals surface area contributed by atoms with Crippen molar-refractivity contribution in [3.05, 3.63) is 296 Å². The molecule has 0 aliphatic carbocycles. The van der Waals surface area contributed by atoms with Crippen molar-refractivity contribution in [2.75, 3.05) is 183 Å². The zero-order chi connectivity index (χ0) is 97.9. The van der Waals surface area contributed by atoms with E-state index < -0.39 is 17.4 Å². The third kappa shape index (κ3) is 23.7. The first-order valence-electron chi connectivity index (χ1n) is 41.6. The molecule has 2 aliphatic heterocycles. The average molecular weight is 1860 g/mol. The molecule has 0 bridgehead atoms. The first-order chi connectivity index (χ1) is 65.5. The van der Waals surface area contributed by atoms with Gasteiger partial charge >= 0.3 is 4.28 Å². The highest BCUT2D eigenvalue weighted by Crippen LogP contribution is 2.51. The molecular weight excluding hydrogens is 1750 g/mol. The quantitative estimate of drug-likeness (QED) is 0.0231. The van der Waals surface area contributed by atoms with Gasteiger partial charge in [0.05, 0.1) is 176 Å². The van der Waals surface area contributed by atoms with Crippen LogP contribution in [0.4, 0.5) is 0 Å². The Labute approximate surface area is 788 Å². The number of ketones is 2. The number of carbonyl (C=O) groups is 2. The van der Waals surface area contributed by atoms with Gasteiger partial charge in [-0.3, -0.25) is 14.4 Å². The molecule has 716 valence electrons. The SMILES string of the molecule is COc1ccc(C(=O)c2ccc(OC)c(OC)c2)cc1OC.COc1ccc(C(=O)c2ccc(OC)c(OC)c2)cc1OC.COc1ccc(C(OC)(OC)c2ccc(OC)c(OC)c2)cc1OC.COc1ccc(C2(c3ccc(OC)c(OC)c3)OCCO2)cc1OC.COc1ccc2c(c1)C(OC)(OC)c1ccccc1O2.COc1ccc2oc3ccccc3c(=O)c2c1.OCCO.[H+].[H+].[H+]. The summed E-state index contributed by atoms with van der Waals surface area (Å²) in [6.45, 7) is 0.728. The van der Waals surface area contributed by atoms with Crippen molar-refractivity contribution >= 4 is 33.5 Å². The molecule has 15 rings (SSSR count). The summed E-state index contributed by atoms with van der Waals surface area (Å²) in [5.41, 5.74) is 7.94. The standard InChI is InChI=1S/C19H22O6.C19H24O6.2C17H18O5.C16H16O4.C14H10O3.C2H6O2/c1-20-15-7-5-13(11-17(15)22-3)19(24-9-10-25-19)14-6-8-16(21-2)18(12-14)23-4;1-20-15-9-7-13(11-17(15)22-3)19(24-5,25-6)14-8-10-16(21-2)18(12-14)23-4;2*1-19-13-7-5-11(9-15(13)21-3)17(18)12-6-8-14(20-2)16(10-12)22-4;1-17-11-8-9-15-13(10-11)16(18-2,19-3)12-6-4-5-7-14(12)20-15;1-16-9-6-7-13-11(8-9)14(15)10-4-2-3-5-12(10)17-13;3-1-2-4/h5-8,11-12H,9-10H2,1-4H3;7-12H,1-6H3;2*5-10H,1-4H3;4-10H,1-3H3;2-8H,1H3;3-4H,1-2H2/p+3. The van der Waals surface area contributed by atoms with Crippen molar-refractivity contribution in [1.29, 1.82) is 0 Å². The molecule has 0 amide bonds. The van der Waals surface area contributed by atoms with Crippen LogP contribution in [0.3, 0.4) is 0 Å². The smallest absolute Gasteiger partial charge is 0.497 e. The molecule has 1 saturated heterocycles. The number of rotatable bonds is 31. The lowest BCUT2D eigenvalue weighted by atomic mass is 9.93. The highest BCUT2D eigenvalue weighted by atomic mass is 16.7. The van der Waals surface area contributed by atoms with E-state index >= 15 is 0 Å². The van der Waals surface area contributed by atoms with Gasteiger partial charge in [0, 0.05) is 72.9 Å². The van der Waals surface area contributed by atoms with E-state index in [1.807, 2.05) is 127 Å². The normalized spacial score (nSPS) is 12.0. The highest BCUT2D eigenvalue weighted by molar-refractivity contribution is 6.10. The fraction of sp³-hybridized carbons (Fsp3) is 0.279. The summed E-state index contributed by atoms with van der Waals surface area (Å²) in [5.74, 6) is 8.64. The molecule has 0 radical (unpaired) electrons. The second-order valence-electron chi connectivity index (χ2n) is 28.3. The summed E-state index contributed by atoms with van der Waals surface area (Å²) in [6.07, 6.45) is 0. The van der Waals surface area contributed by atoms with Crippen molar-refractivity contribution in [3.8, 4) is 115 Å². The summed E-state index contributed by atoms with van der Waals surface area (Å²) < 4.78 is 142. The second-order valence-corrected chi connectivity index (χ2v) is 28.3. The van der Waals surface area contributed by atoms with Gasteiger partial charge in [0.2, 0.25) is 22.8 Å². The summed E-state index contributed by atoms with van der Waals surface area (Å²) in [7, 11) is 34.7. The van der Waals surface area contributed by atoms with E-state index in [-0.39, 0.29) is 34.5 Å². The third-order valence-corrected chi connectivity index (χ3v) is 21.4. The van der Waals surface area contributed by atoms with Crippen LogP contribution >= 0.6 is 0 Å². The van der Waals surface area contributed by atoms with Gasteiger partial charge in [-0.2, -0.15) is 0 Å². The van der Waals surface area contributed by atoms with Gasteiger partial charge in [0.25, 0.3) is 0 Å². The van der Waals surface area contributed by atoms with Crippen LogP contribution in [0.5, 0.6) is 115 Å². The minimum Gasteiger partial charge on any atom is -0.497 e. The molecule has 1 aromatic heterocycles. The van der Waals surface area contributed by atoms with Gasteiger partial charge in [-0.1, -0.05) is 24.3 Å². The van der Waals surface area contributed by atoms with Crippen molar-refractivity contribution < 1.29 is 147 Å². The molecule has 1 fully saturated rings. The van der Waals surface area contributed by atoms with Crippen LogP contribution in [0.2, 0.25) is 0 Å². The van der Waals surface area contributed by atoms with Crippen LogP contribution < -0.4 is 95.4 Å². The first kappa shape index (κ1) is 104. The molecule has 0 atom stereocenters. The minimum absolute atomic E-state index is 0. The number of benzene rings is 12. The van der Waals surface area contributed by atoms with E-state index in [0.717, 1.165) is 44.9 Å². The van der Waals surface area contributed by atoms with E-state index in [9.17, 15) is 14.4 Å². The number of aliphatic hydroxyl groups is 2. The Bertz CT molecular complexity index is 5690. The Morgan fingerprint density at radius 1 is 0.311 bits per heavy atom. The monoisotopic (exact) mass is 1860 g/mol. The molecule has 31 heteroatoms. The van der Waals surface area contributed by atoms with Gasteiger partial charge in [-0.15, -0.1) is 0 Å². The molecule has 0 saturated carbocycles. The van der Waals surface area contributed by atoms with Crippen molar-refractivity contribution in [1.82, 2.24) is 0 Å². The number of aliphatic hydroxyl groups excluding tert-OH is 2. The van der Waals surface area contributed by atoms with Crippen molar-refractivity contribution in [2.45, 2.75) is 17.4 Å². The average Bonchev–Trinajstić information content (AvgIpc) is 0.824. The van der Waals surface area contributed by atoms with E-state index in [2.05, 4.69) is 0 Å². The largest absolute Gasteiger partial charge is 1.00 e. The fourth-order valence-corrected chi connectivity index (χ4v) is 14.5. The zero-order valence-corrected chi connectivity index (χ0v) is 79.5. The lowest BCUT2D eigenvalue weighted by Gasteiger charge is -2.37. The van der Waals surface area contributed by atoms with Crippen LogP contribution in [-0.4, -0.2) is 205 Å². The maximum absolute atomic E-state index is 12.6. The van der Waals surface area contributed by atoms with Crippen LogP contribution in [-0.2, 0) is 45.8 Å². The third-order valence-electron chi connectivity index (χ3n) is 21.4. The Balaban J connectivity index is 0.000000252. The van der Waals surface area contributed by atoms with Crippen LogP contribution in [0.1, 0.15) is 69.5 Å². The van der Waals surface area contributed by atoms with E-state index in [1.54, 1.807) is 231 Å². The number of para-hydroxylation sites is 2. The van der Waals surface area contributed by atoms with Gasteiger partial charge in [0.1, 0.15) is 34.2 Å². The van der Waals surface area contributed by atoms with E-state index in [4.69, 9.17) is 133 Å². The van der Waals surface area contributed by atoms with Crippen molar-refractivity contribution in [3.63, 3.8) is 0 Å². The predicted octanol–water partition coefficient (Wildman–Crippen LogP) is 17.6. The first-order valence-corrected chi connectivity index (χ1v) is 41.6. The molecule has 0 unspecified atom stereocenters. The fourth-order valence-electron chi connectivity index (χ4n) is 14.5. The molecule has 135 heavy (non-hydrogen) atoms. The van der Waals surface area contributed by atoms with Gasteiger partial charge in [0.15, 0.2) is 104 Å². The van der Waals surface area contributed by atoms with Gasteiger partial charge in [-0.25, -0.2) is 0 Å². The van der Waals surface area contributed by atoms with E-state index in [1.165, 1.54) is 28.4 Å². The Morgan fingerprint density at radius 3 is 0.993 bits per heavy atom. The van der Waals surface area contributed by atoms with Crippen LogP contribution in [0, 0.1) is 0 Å². The number of carbonyl (C=O) groups excluding carboxylic acids is 2. The maximum Gasteiger partial charge on any atom is 1.00 e. The van der Waals surface area contributed by atoms with Crippen LogP contribution in [0.25, 0.3) is 21.9 Å². The Morgan fingerprint density at radius 2 is 0.630 bits per heavy atom. The summed E-state index contributed by atoms with van der Waals surface area (Å²) in [5, 5.41) is 16.4. The van der Waals surface area contributed by atoms with Gasteiger partial charge < -0.3 is 133 Å². The number of ether oxygens (including phenoxy) is 25.